The van der Waals surface area contributed by atoms with Crippen molar-refractivity contribution in [1.82, 2.24) is 0 Å². The smallest absolute Gasteiger partial charge is 0.253 e. The summed E-state index contributed by atoms with van der Waals surface area (Å²) in [6.45, 7) is 0.845. The second-order valence-electron chi connectivity index (χ2n) is 4.21. The molecule has 0 radical (unpaired) electrons. The van der Waals surface area contributed by atoms with Crippen LogP contribution in [0, 0.1) is 0 Å². The number of anilines is 1. The van der Waals surface area contributed by atoms with Crippen LogP contribution in [-0.2, 0) is 9.53 Å². The van der Waals surface area contributed by atoms with Crippen molar-refractivity contribution in [3.8, 4) is 11.5 Å². The molecule has 1 amide bonds. The van der Waals surface area contributed by atoms with E-state index in [1.165, 1.54) is 0 Å². The van der Waals surface area contributed by atoms with E-state index in [1.54, 1.807) is 37.3 Å². The standard InChI is InChI=1S/C13H18N2O4/c1-17-9-3-4-11(12(5-9)18-2)15-7-10(6-14)19-8-13(15)16/h3-5,10H,6-8,14H2,1-2H3. The molecule has 0 aromatic heterocycles. The van der Waals surface area contributed by atoms with Crippen molar-refractivity contribution in [1.29, 1.82) is 0 Å². The summed E-state index contributed by atoms with van der Waals surface area (Å²) >= 11 is 0. The Morgan fingerprint density at radius 1 is 1.42 bits per heavy atom. The van der Waals surface area contributed by atoms with Crippen LogP contribution in [0.5, 0.6) is 11.5 Å². The number of carbonyl (C=O) groups excluding carboxylic acids is 1. The first-order valence-electron chi connectivity index (χ1n) is 6.03. The molecule has 1 saturated heterocycles. The molecule has 1 atom stereocenters. The molecular formula is C13H18N2O4. The van der Waals surface area contributed by atoms with Crippen molar-refractivity contribution >= 4 is 11.6 Å². The van der Waals surface area contributed by atoms with E-state index in [9.17, 15) is 4.79 Å². The Kier molecular flexibility index (Phi) is 4.24. The van der Waals surface area contributed by atoms with Crippen LogP contribution in [0.25, 0.3) is 0 Å². The fourth-order valence-corrected chi connectivity index (χ4v) is 2.01. The maximum Gasteiger partial charge on any atom is 0.253 e. The first-order chi connectivity index (χ1) is 9.19. The highest BCUT2D eigenvalue weighted by Gasteiger charge is 2.28. The zero-order valence-corrected chi connectivity index (χ0v) is 11.1. The molecule has 2 rings (SSSR count). The largest absolute Gasteiger partial charge is 0.497 e. The average Bonchev–Trinajstić information content (AvgIpc) is 2.47. The molecule has 1 aliphatic heterocycles. The molecular weight excluding hydrogens is 248 g/mol. The van der Waals surface area contributed by atoms with Gasteiger partial charge in [0.05, 0.1) is 32.6 Å². The third-order valence-corrected chi connectivity index (χ3v) is 3.07. The second kappa shape index (κ2) is 5.90. The van der Waals surface area contributed by atoms with Gasteiger partial charge < -0.3 is 24.8 Å². The lowest BCUT2D eigenvalue weighted by Crippen LogP contribution is -2.49. The van der Waals surface area contributed by atoms with Gasteiger partial charge in [0.2, 0.25) is 0 Å². The predicted molar refractivity (Wildman–Crippen MR) is 70.7 cm³/mol. The summed E-state index contributed by atoms with van der Waals surface area (Å²) in [6.07, 6.45) is -0.149. The number of nitrogens with zero attached hydrogens (tertiary/aromatic N) is 1. The van der Waals surface area contributed by atoms with Gasteiger partial charge in [0.1, 0.15) is 18.1 Å². The Morgan fingerprint density at radius 2 is 2.21 bits per heavy atom. The topological polar surface area (TPSA) is 74.0 Å². The van der Waals surface area contributed by atoms with Crippen molar-refractivity contribution < 1.29 is 19.0 Å². The highest BCUT2D eigenvalue weighted by molar-refractivity contribution is 5.96. The SMILES string of the molecule is COc1ccc(N2CC(CN)OCC2=O)c(OC)c1. The molecule has 6 heteroatoms. The molecule has 0 aliphatic carbocycles. The molecule has 1 aromatic carbocycles. The molecule has 1 fully saturated rings. The van der Waals surface area contributed by atoms with Crippen molar-refractivity contribution in [2.45, 2.75) is 6.10 Å². The van der Waals surface area contributed by atoms with Gasteiger partial charge in [0.15, 0.2) is 0 Å². The quantitative estimate of drug-likeness (QED) is 0.853. The van der Waals surface area contributed by atoms with E-state index in [4.69, 9.17) is 19.9 Å². The van der Waals surface area contributed by atoms with Crippen LogP contribution in [-0.4, -0.2) is 45.9 Å². The van der Waals surface area contributed by atoms with E-state index in [-0.39, 0.29) is 18.6 Å². The highest BCUT2D eigenvalue weighted by Crippen LogP contribution is 2.33. The van der Waals surface area contributed by atoms with Crippen LogP contribution >= 0.6 is 0 Å². The number of hydrogen-bond donors (Lipinski definition) is 1. The summed E-state index contributed by atoms with van der Waals surface area (Å²) in [5, 5.41) is 0. The zero-order chi connectivity index (χ0) is 13.8. The monoisotopic (exact) mass is 266 g/mol. The van der Waals surface area contributed by atoms with Crippen LogP contribution in [0.1, 0.15) is 0 Å². The van der Waals surface area contributed by atoms with E-state index in [1.807, 2.05) is 0 Å². The zero-order valence-electron chi connectivity index (χ0n) is 11.1. The molecule has 0 spiro atoms. The Labute approximate surface area is 112 Å². The summed E-state index contributed by atoms with van der Waals surface area (Å²) in [6, 6.07) is 5.34. The van der Waals surface area contributed by atoms with Crippen LogP contribution in [0.2, 0.25) is 0 Å². The molecule has 6 nitrogen and oxygen atoms in total. The van der Waals surface area contributed by atoms with Gasteiger partial charge in [-0.1, -0.05) is 0 Å². The predicted octanol–water partition coefficient (Wildman–Crippen LogP) is 0.394. The number of methoxy groups -OCH3 is 2. The summed E-state index contributed by atoms with van der Waals surface area (Å²) in [5.74, 6) is 1.16. The summed E-state index contributed by atoms with van der Waals surface area (Å²) in [4.78, 5) is 13.6. The lowest BCUT2D eigenvalue weighted by Gasteiger charge is -2.33. The van der Waals surface area contributed by atoms with E-state index < -0.39 is 0 Å². The van der Waals surface area contributed by atoms with Gasteiger partial charge in [-0.2, -0.15) is 0 Å². The average molecular weight is 266 g/mol. The number of morpholine rings is 1. The minimum absolute atomic E-state index is 0.0387. The number of nitrogens with two attached hydrogens (primary N) is 1. The molecule has 0 saturated carbocycles. The molecule has 0 bridgehead atoms. The van der Waals surface area contributed by atoms with E-state index in [0.717, 1.165) is 0 Å². The third-order valence-electron chi connectivity index (χ3n) is 3.07. The number of amides is 1. The summed E-state index contributed by atoms with van der Waals surface area (Å²) < 4.78 is 15.8. The fourth-order valence-electron chi connectivity index (χ4n) is 2.01. The Balaban J connectivity index is 2.31. The van der Waals surface area contributed by atoms with Gasteiger partial charge in [0, 0.05) is 12.6 Å². The second-order valence-corrected chi connectivity index (χ2v) is 4.21. The molecule has 1 aliphatic rings. The molecule has 1 aromatic rings. The van der Waals surface area contributed by atoms with Gasteiger partial charge >= 0.3 is 0 Å². The van der Waals surface area contributed by atoms with E-state index >= 15 is 0 Å². The summed E-state index contributed by atoms with van der Waals surface area (Å²) in [5.41, 5.74) is 6.29. The van der Waals surface area contributed by atoms with Crippen LogP contribution < -0.4 is 20.1 Å². The number of ether oxygens (including phenoxy) is 3. The Hall–Kier alpha value is -1.79. The first-order valence-corrected chi connectivity index (χ1v) is 6.03. The van der Waals surface area contributed by atoms with Crippen LogP contribution in [0.15, 0.2) is 18.2 Å². The third kappa shape index (κ3) is 2.80. The minimum atomic E-state index is -0.149. The van der Waals surface area contributed by atoms with Crippen molar-refractivity contribution in [3.05, 3.63) is 18.2 Å². The van der Waals surface area contributed by atoms with E-state index in [2.05, 4.69) is 0 Å². The van der Waals surface area contributed by atoms with Gasteiger partial charge in [-0.25, -0.2) is 0 Å². The number of carbonyl (C=O) groups is 1. The fraction of sp³-hybridized carbons (Fsp3) is 0.462. The molecule has 104 valence electrons. The lowest BCUT2D eigenvalue weighted by molar-refractivity contribution is -0.128. The normalized spacial score (nSPS) is 19.4. The van der Waals surface area contributed by atoms with E-state index in [0.29, 0.717) is 30.3 Å². The number of benzene rings is 1. The Bertz CT molecular complexity index is 464. The lowest BCUT2D eigenvalue weighted by atomic mass is 10.2. The van der Waals surface area contributed by atoms with Gasteiger partial charge in [-0.15, -0.1) is 0 Å². The van der Waals surface area contributed by atoms with Crippen LogP contribution in [0.4, 0.5) is 5.69 Å². The first kappa shape index (κ1) is 13.6. The molecule has 2 N–H and O–H groups in total. The highest BCUT2D eigenvalue weighted by atomic mass is 16.5. The van der Waals surface area contributed by atoms with Gasteiger partial charge in [-0.3, -0.25) is 4.79 Å². The van der Waals surface area contributed by atoms with Crippen molar-refractivity contribution in [2.24, 2.45) is 5.73 Å². The van der Waals surface area contributed by atoms with Crippen molar-refractivity contribution in [3.63, 3.8) is 0 Å². The number of rotatable bonds is 4. The molecule has 1 heterocycles. The maximum atomic E-state index is 12.0. The Morgan fingerprint density at radius 3 is 2.84 bits per heavy atom. The minimum Gasteiger partial charge on any atom is -0.497 e. The van der Waals surface area contributed by atoms with Gasteiger partial charge in [0.25, 0.3) is 5.91 Å². The molecule has 19 heavy (non-hydrogen) atoms. The van der Waals surface area contributed by atoms with Gasteiger partial charge in [-0.05, 0) is 12.1 Å². The molecule has 1 unspecified atom stereocenters. The summed E-state index contributed by atoms with van der Waals surface area (Å²) in [7, 11) is 3.14. The van der Waals surface area contributed by atoms with Crippen LogP contribution in [0.3, 0.4) is 0 Å². The number of hydrogen-bond acceptors (Lipinski definition) is 5. The maximum absolute atomic E-state index is 12.0. The van der Waals surface area contributed by atoms with Crippen molar-refractivity contribution in [2.75, 3.05) is 38.8 Å².